The minimum atomic E-state index is -0.693. The Morgan fingerprint density at radius 3 is 2.24 bits per heavy atom. The number of primary amides is 1. The molecular weight excluding hydrogens is 436 g/mol. The van der Waals surface area contributed by atoms with Gasteiger partial charge in [-0.15, -0.1) is 5.10 Å². The van der Waals surface area contributed by atoms with Crippen LogP contribution in [-0.4, -0.2) is 39.1 Å². The SMILES string of the molecule is NC(=O)COc1cccc(C(=O)NNC(=O)c2nc(-c3ccccc3)n(-c3ccccc3)n2)c1. The van der Waals surface area contributed by atoms with Crippen LogP contribution < -0.4 is 21.3 Å². The van der Waals surface area contributed by atoms with Crippen molar-refractivity contribution in [1.29, 1.82) is 0 Å². The summed E-state index contributed by atoms with van der Waals surface area (Å²) in [6.45, 7) is -0.318. The number of para-hydroxylation sites is 1. The van der Waals surface area contributed by atoms with Crippen LogP contribution in [0, 0.1) is 0 Å². The fourth-order valence-corrected chi connectivity index (χ4v) is 3.05. The van der Waals surface area contributed by atoms with Crippen LogP contribution in [0.25, 0.3) is 17.1 Å². The zero-order chi connectivity index (χ0) is 23.9. The van der Waals surface area contributed by atoms with E-state index in [2.05, 4.69) is 20.9 Å². The van der Waals surface area contributed by atoms with Gasteiger partial charge < -0.3 is 10.5 Å². The zero-order valence-corrected chi connectivity index (χ0v) is 17.8. The standard InChI is InChI=1S/C24H20N6O4/c25-20(31)15-34-19-13-7-10-17(14-19)23(32)27-28-24(33)21-26-22(16-8-3-1-4-9-16)30(29-21)18-11-5-2-6-12-18/h1-14H,15H2,(H2,25,31)(H,27,32)(H,28,33). The van der Waals surface area contributed by atoms with Crippen LogP contribution in [0.2, 0.25) is 0 Å². The minimum absolute atomic E-state index is 0.124. The number of amides is 3. The molecule has 4 rings (SSSR count). The van der Waals surface area contributed by atoms with Gasteiger partial charge in [-0.1, -0.05) is 54.6 Å². The summed E-state index contributed by atoms with van der Waals surface area (Å²) in [6.07, 6.45) is 0. The summed E-state index contributed by atoms with van der Waals surface area (Å²) in [7, 11) is 0. The second kappa shape index (κ2) is 10.1. The summed E-state index contributed by atoms with van der Waals surface area (Å²) < 4.78 is 6.75. The Hall–Kier alpha value is -4.99. The first kappa shape index (κ1) is 22.2. The molecule has 10 heteroatoms. The number of rotatable bonds is 7. The van der Waals surface area contributed by atoms with E-state index in [0.717, 1.165) is 11.3 Å². The Kier molecular flexibility index (Phi) is 6.59. The van der Waals surface area contributed by atoms with E-state index in [9.17, 15) is 14.4 Å². The third-order valence-corrected chi connectivity index (χ3v) is 4.61. The molecule has 4 aromatic rings. The number of aromatic nitrogens is 3. The minimum Gasteiger partial charge on any atom is -0.484 e. The van der Waals surface area contributed by atoms with Gasteiger partial charge in [-0.25, -0.2) is 9.67 Å². The average Bonchev–Trinajstić information content (AvgIpc) is 3.33. The smallest absolute Gasteiger partial charge is 0.309 e. The third kappa shape index (κ3) is 5.25. The Morgan fingerprint density at radius 2 is 1.53 bits per heavy atom. The monoisotopic (exact) mass is 456 g/mol. The van der Waals surface area contributed by atoms with Crippen LogP contribution in [0.3, 0.4) is 0 Å². The van der Waals surface area contributed by atoms with Gasteiger partial charge in [-0.3, -0.25) is 25.2 Å². The van der Waals surface area contributed by atoms with Crippen molar-refractivity contribution in [3.8, 4) is 22.8 Å². The van der Waals surface area contributed by atoms with Crippen molar-refractivity contribution in [2.24, 2.45) is 5.73 Å². The maximum absolute atomic E-state index is 12.7. The molecule has 1 heterocycles. The van der Waals surface area contributed by atoms with Gasteiger partial charge in [0.15, 0.2) is 12.4 Å². The molecule has 0 unspecified atom stereocenters. The van der Waals surface area contributed by atoms with Gasteiger partial charge in [-0.05, 0) is 30.3 Å². The topological polar surface area (TPSA) is 141 Å². The van der Waals surface area contributed by atoms with Crippen LogP contribution in [-0.2, 0) is 4.79 Å². The summed E-state index contributed by atoms with van der Waals surface area (Å²) in [5.41, 5.74) is 11.4. The summed E-state index contributed by atoms with van der Waals surface area (Å²) in [6, 6.07) is 24.7. The van der Waals surface area contributed by atoms with E-state index in [1.54, 1.807) is 16.8 Å². The van der Waals surface area contributed by atoms with Crippen molar-refractivity contribution in [2.45, 2.75) is 0 Å². The summed E-state index contributed by atoms with van der Waals surface area (Å²) in [4.78, 5) is 40.4. The molecule has 170 valence electrons. The van der Waals surface area contributed by atoms with Gasteiger partial charge in [0.25, 0.3) is 11.8 Å². The first-order valence-electron chi connectivity index (χ1n) is 10.2. The van der Waals surface area contributed by atoms with Crippen molar-refractivity contribution in [2.75, 3.05) is 6.61 Å². The van der Waals surface area contributed by atoms with Crippen LogP contribution in [0.4, 0.5) is 0 Å². The first-order valence-corrected chi connectivity index (χ1v) is 10.2. The molecule has 0 radical (unpaired) electrons. The molecule has 0 saturated carbocycles. The van der Waals surface area contributed by atoms with Crippen molar-refractivity contribution < 1.29 is 19.1 Å². The molecule has 3 amide bonds. The lowest BCUT2D eigenvalue weighted by atomic mass is 10.2. The van der Waals surface area contributed by atoms with Gasteiger partial charge in [0.2, 0.25) is 5.82 Å². The molecule has 0 saturated heterocycles. The molecule has 0 aliphatic carbocycles. The summed E-state index contributed by atoms with van der Waals surface area (Å²) in [5.74, 6) is -1.29. The highest BCUT2D eigenvalue weighted by Crippen LogP contribution is 2.21. The molecule has 0 bridgehead atoms. The zero-order valence-electron chi connectivity index (χ0n) is 17.8. The van der Waals surface area contributed by atoms with E-state index in [0.29, 0.717) is 5.82 Å². The normalized spacial score (nSPS) is 10.4. The third-order valence-electron chi connectivity index (χ3n) is 4.61. The molecule has 1 aromatic heterocycles. The number of nitrogens with one attached hydrogen (secondary N) is 2. The van der Waals surface area contributed by atoms with E-state index < -0.39 is 17.7 Å². The number of ether oxygens (including phenoxy) is 1. The van der Waals surface area contributed by atoms with Gasteiger partial charge in [0.05, 0.1) is 5.69 Å². The fourth-order valence-electron chi connectivity index (χ4n) is 3.05. The van der Waals surface area contributed by atoms with Gasteiger partial charge in [-0.2, -0.15) is 0 Å². The number of hydrazine groups is 1. The maximum atomic E-state index is 12.7. The molecule has 0 fully saturated rings. The van der Waals surface area contributed by atoms with Crippen molar-refractivity contribution >= 4 is 17.7 Å². The van der Waals surface area contributed by atoms with Crippen molar-refractivity contribution in [3.63, 3.8) is 0 Å². The summed E-state index contributed by atoms with van der Waals surface area (Å²) >= 11 is 0. The number of carbonyl (C=O) groups is 3. The molecule has 0 aliphatic rings. The molecule has 34 heavy (non-hydrogen) atoms. The number of carbonyl (C=O) groups excluding carboxylic acids is 3. The Labute approximate surface area is 194 Å². The van der Waals surface area contributed by atoms with Gasteiger partial charge >= 0.3 is 5.91 Å². The molecule has 4 N–H and O–H groups in total. The highest BCUT2D eigenvalue weighted by molar-refractivity contribution is 5.98. The van der Waals surface area contributed by atoms with E-state index >= 15 is 0 Å². The van der Waals surface area contributed by atoms with Crippen LogP contribution in [0.5, 0.6) is 5.75 Å². The van der Waals surface area contributed by atoms with Crippen LogP contribution in [0.1, 0.15) is 21.0 Å². The van der Waals surface area contributed by atoms with Gasteiger partial charge in [0, 0.05) is 11.1 Å². The molecular formula is C24H20N6O4. The predicted molar refractivity (Wildman–Crippen MR) is 123 cm³/mol. The lowest BCUT2D eigenvalue weighted by Gasteiger charge is -2.08. The lowest BCUT2D eigenvalue weighted by molar-refractivity contribution is -0.119. The molecule has 0 aliphatic heterocycles. The largest absolute Gasteiger partial charge is 0.484 e. The predicted octanol–water partition coefficient (Wildman–Crippen LogP) is 1.87. The van der Waals surface area contributed by atoms with Crippen LogP contribution >= 0.6 is 0 Å². The van der Waals surface area contributed by atoms with Gasteiger partial charge in [0.1, 0.15) is 5.75 Å². The quantitative estimate of drug-likeness (QED) is 0.363. The summed E-state index contributed by atoms with van der Waals surface area (Å²) in [5, 5.41) is 4.34. The highest BCUT2D eigenvalue weighted by Gasteiger charge is 2.19. The number of nitrogens with zero attached hydrogens (tertiary/aromatic N) is 3. The lowest BCUT2D eigenvalue weighted by Crippen LogP contribution is -2.42. The number of benzene rings is 3. The van der Waals surface area contributed by atoms with E-state index in [4.69, 9.17) is 10.5 Å². The Bertz CT molecular complexity index is 1260. The van der Waals surface area contributed by atoms with E-state index in [-0.39, 0.29) is 23.7 Å². The number of nitrogens with two attached hydrogens (primary N) is 1. The maximum Gasteiger partial charge on any atom is 0.309 e. The Balaban J connectivity index is 1.50. The Morgan fingerprint density at radius 1 is 0.853 bits per heavy atom. The number of hydrogen-bond acceptors (Lipinski definition) is 6. The van der Waals surface area contributed by atoms with Crippen molar-refractivity contribution in [1.82, 2.24) is 25.6 Å². The molecule has 3 aromatic carbocycles. The van der Waals surface area contributed by atoms with Crippen LogP contribution in [0.15, 0.2) is 84.9 Å². The highest BCUT2D eigenvalue weighted by atomic mass is 16.5. The fraction of sp³-hybridized carbons (Fsp3) is 0.0417. The van der Waals surface area contributed by atoms with Crippen molar-refractivity contribution in [3.05, 3.63) is 96.3 Å². The van der Waals surface area contributed by atoms with E-state index in [1.807, 2.05) is 60.7 Å². The van der Waals surface area contributed by atoms with E-state index in [1.165, 1.54) is 12.1 Å². The molecule has 0 spiro atoms. The second-order valence-electron chi connectivity index (χ2n) is 7.06. The average molecular weight is 456 g/mol. The molecule has 0 atom stereocenters. The number of hydrogen-bond donors (Lipinski definition) is 3. The second-order valence-corrected chi connectivity index (χ2v) is 7.06. The molecule has 10 nitrogen and oxygen atoms in total. The first-order chi connectivity index (χ1) is 16.5.